The third-order valence-electron chi connectivity index (χ3n) is 3.49. The van der Waals surface area contributed by atoms with Gasteiger partial charge in [0.1, 0.15) is 0 Å². The van der Waals surface area contributed by atoms with Crippen LogP contribution < -0.4 is 0 Å². The molecule has 3 aromatic heterocycles. The third-order valence-corrected chi connectivity index (χ3v) is 5.50. The standard InChI is InChI=1S/C16H8N4Se/c1-3-7-11-9(5-1)17-13-14-16(21-15(13)19-11)20-12-8-4-2-6-10(12)18-14/h1-8H. The van der Waals surface area contributed by atoms with Crippen LogP contribution in [0.5, 0.6) is 0 Å². The molecule has 2 aromatic carbocycles. The molecule has 0 unspecified atom stereocenters. The van der Waals surface area contributed by atoms with Crippen LogP contribution in [0.15, 0.2) is 48.5 Å². The summed E-state index contributed by atoms with van der Waals surface area (Å²) in [5.41, 5.74) is 5.51. The van der Waals surface area contributed by atoms with Crippen LogP contribution in [0.25, 0.3) is 41.9 Å². The predicted octanol–water partition coefficient (Wildman–Crippen LogP) is 2.94. The predicted molar refractivity (Wildman–Crippen MR) is 84.6 cm³/mol. The van der Waals surface area contributed by atoms with E-state index >= 15 is 0 Å². The third kappa shape index (κ3) is 1.62. The Morgan fingerprint density at radius 3 is 1.33 bits per heavy atom. The molecule has 98 valence electrons. The Balaban J connectivity index is 2.01. The van der Waals surface area contributed by atoms with E-state index in [0.717, 1.165) is 41.9 Å². The summed E-state index contributed by atoms with van der Waals surface area (Å²) in [6, 6.07) is 15.9. The molecule has 0 atom stereocenters. The molecule has 0 spiro atoms. The maximum atomic E-state index is 4.75. The molecule has 0 aliphatic carbocycles. The normalized spacial score (nSPS) is 11.8. The molecular formula is C16H8N4Se. The molecule has 4 nitrogen and oxygen atoms in total. The Labute approximate surface area is 125 Å². The van der Waals surface area contributed by atoms with Gasteiger partial charge in [-0.15, -0.1) is 0 Å². The Bertz CT molecular complexity index is 1060. The van der Waals surface area contributed by atoms with Crippen LogP contribution >= 0.6 is 0 Å². The first-order valence-corrected chi connectivity index (χ1v) is 8.31. The second kappa shape index (κ2) is 4.07. The van der Waals surface area contributed by atoms with Crippen LogP contribution in [0, 0.1) is 0 Å². The second-order valence-corrected chi connectivity index (χ2v) is 6.89. The van der Waals surface area contributed by atoms with Gasteiger partial charge in [-0.3, -0.25) is 0 Å². The van der Waals surface area contributed by atoms with Crippen molar-refractivity contribution in [2.24, 2.45) is 0 Å². The molecule has 0 N–H and O–H groups in total. The summed E-state index contributed by atoms with van der Waals surface area (Å²) < 4.78 is 2.07. The zero-order valence-electron chi connectivity index (χ0n) is 10.8. The molecule has 0 saturated carbocycles. The Morgan fingerprint density at radius 1 is 0.524 bits per heavy atom. The average Bonchev–Trinajstić information content (AvgIpc) is 2.87. The van der Waals surface area contributed by atoms with Crippen molar-refractivity contribution in [2.45, 2.75) is 0 Å². The van der Waals surface area contributed by atoms with Gasteiger partial charge in [0.2, 0.25) is 0 Å². The molecular weight excluding hydrogens is 327 g/mol. The minimum absolute atomic E-state index is 0.0821. The Hall–Kier alpha value is -2.36. The molecule has 0 radical (unpaired) electrons. The number of benzene rings is 2. The molecule has 5 aromatic rings. The van der Waals surface area contributed by atoms with Crippen molar-refractivity contribution in [1.29, 1.82) is 0 Å². The first-order valence-electron chi connectivity index (χ1n) is 6.60. The van der Waals surface area contributed by atoms with Gasteiger partial charge in [0, 0.05) is 0 Å². The van der Waals surface area contributed by atoms with E-state index in [4.69, 9.17) is 19.9 Å². The van der Waals surface area contributed by atoms with Crippen LogP contribution in [0.2, 0.25) is 0 Å². The van der Waals surface area contributed by atoms with Crippen molar-refractivity contribution < 1.29 is 0 Å². The van der Waals surface area contributed by atoms with Crippen molar-refractivity contribution in [3.63, 3.8) is 0 Å². The molecule has 0 saturated heterocycles. The van der Waals surface area contributed by atoms with Gasteiger partial charge < -0.3 is 0 Å². The molecule has 0 fully saturated rings. The fourth-order valence-electron chi connectivity index (χ4n) is 2.51. The molecule has 5 heteroatoms. The van der Waals surface area contributed by atoms with Crippen LogP contribution in [0.3, 0.4) is 0 Å². The van der Waals surface area contributed by atoms with E-state index in [1.165, 1.54) is 0 Å². The summed E-state index contributed by atoms with van der Waals surface area (Å²) in [4.78, 5) is 19.0. The molecule has 5 rings (SSSR count). The van der Waals surface area contributed by atoms with E-state index in [2.05, 4.69) is 0 Å². The van der Waals surface area contributed by atoms with Crippen molar-refractivity contribution in [3.8, 4) is 0 Å². The van der Waals surface area contributed by atoms with E-state index in [1.54, 1.807) is 0 Å². The van der Waals surface area contributed by atoms with Crippen LogP contribution in [0.4, 0.5) is 0 Å². The van der Waals surface area contributed by atoms with Crippen LogP contribution in [0.1, 0.15) is 0 Å². The zero-order valence-corrected chi connectivity index (χ0v) is 12.5. The molecule has 21 heavy (non-hydrogen) atoms. The average molecular weight is 335 g/mol. The van der Waals surface area contributed by atoms with Gasteiger partial charge in [-0.25, -0.2) is 0 Å². The van der Waals surface area contributed by atoms with E-state index in [0.29, 0.717) is 0 Å². The van der Waals surface area contributed by atoms with Gasteiger partial charge in [0.25, 0.3) is 0 Å². The monoisotopic (exact) mass is 336 g/mol. The fourth-order valence-corrected chi connectivity index (χ4v) is 4.50. The first kappa shape index (κ1) is 11.3. The Morgan fingerprint density at radius 2 is 0.905 bits per heavy atom. The molecule has 0 amide bonds. The summed E-state index contributed by atoms with van der Waals surface area (Å²) in [5.74, 6) is 0. The number of fused-ring (bicyclic) bond motifs is 5. The van der Waals surface area contributed by atoms with Crippen LogP contribution in [-0.4, -0.2) is 34.4 Å². The van der Waals surface area contributed by atoms with E-state index < -0.39 is 0 Å². The molecule has 0 aliphatic rings. The fraction of sp³-hybridized carbons (Fsp3) is 0. The van der Waals surface area contributed by atoms with Gasteiger partial charge in [-0.2, -0.15) is 0 Å². The first-order chi connectivity index (χ1) is 10.4. The summed E-state index contributed by atoms with van der Waals surface area (Å²) in [6.45, 7) is 0. The van der Waals surface area contributed by atoms with Gasteiger partial charge in [0.05, 0.1) is 0 Å². The number of para-hydroxylation sites is 4. The number of aromatic nitrogens is 4. The quantitative estimate of drug-likeness (QED) is 0.408. The minimum atomic E-state index is 0.0821. The SMILES string of the molecule is c1ccc2nc3c(nc2c1)[se]c1nc2ccccc2nc13. The molecule has 0 aliphatic heterocycles. The number of rotatable bonds is 0. The molecule has 0 bridgehead atoms. The Kier molecular flexibility index (Phi) is 2.19. The van der Waals surface area contributed by atoms with Crippen molar-refractivity contribution in [2.75, 3.05) is 0 Å². The zero-order chi connectivity index (χ0) is 13.8. The van der Waals surface area contributed by atoms with Crippen molar-refractivity contribution >= 4 is 56.4 Å². The molecule has 3 heterocycles. The van der Waals surface area contributed by atoms with Gasteiger partial charge in [-0.1, -0.05) is 0 Å². The summed E-state index contributed by atoms with van der Waals surface area (Å²) in [6.07, 6.45) is 0. The number of hydrogen-bond donors (Lipinski definition) is 0. The van der Waals surface area contributed by atoms with E-state index in [9.17, 15) is 0 Å². The second-order valence-electron chi connectivity index (χ2n) is 4.83. The van der Waals surface area contributed by atoms with E-state index in [-0.39, 0.29) is 14.5 Å². The van der Waals surface area contributed by atoms with Gasteiger partial charge in [-0.05, 0) is 0 Å². The number of nitrogens with zero attached hydrogens (tertiary/aromatic N) is 4. The number of hydrogen-bond acceptors (Lipinski definition) is 4. The van der Waals surface area contributed by atoms with Crippen molar-refractivity contribution in [1.82, 2.24) is 19.9 Å². The topological polar surface area (TPSA) is 51.6 Å². The summed E-state index contributed by atoms with van der Waals surface area (Å²) in [5, 5.41) is 0. The maximum absolute atomic E-state index is 4.75. The van der Waals surface area contributed by atoms with Crippen molar-refractivity contribution in [3.05, 3.63) is 48.5 Å². The summed E-state index contributed by atoms with van der Waals surface area (Å²) in [7, 11) is 0. The van der Waals surface area contributed by atoms with Crippen LogP contribution in [-0.2, 0) is 0 Å². The van der Waals surface area contributed by atoms with E-state index in [1.807, 2.05) is 48.5 Å². The van der Waals surface area contributed by atoms with Gasteiger partial charge >= 0.3 is 125 Å². The van der Waals surface area contributed by atoms with Gasteiger partial charge in [0.15, 0.2) is 0 Å². The summed E-state index contributed by atoms with van der Waals surface area (Å²) >= 11 is 0.0821.